The largest absolute Gasteiger partial charge is 0.478 e. The number of H-pyrrole nitrogens is 1. The smallest absolute Gasteiger partial charge is 0.336 e. The molecule has 0 aliphatic rings. The molecule has 0 aliphatic carbocycles. The van der Waals surface area contributed by atoms with Crippen molar-refractivity contribution in [1.29, 1.82) is 0 Å². The van der Waals surface area contributed by atoms with Gasteiger partial charge in [-0.2, -0.15) is 12.6 Å². The first kappa shape index (κ1) is 26.3. The van der Waals surface area contributed by atoms with Gasteiger partial charge in [-0.15, -0.1) is 0 Å². The van der Waals surface area contributed by atoms with Gasteiger partial charge in [0.1, 0.15) is 5.82 Å². The Morgan fingerprint density at radius 3 is 2.54 bits per heavy atom. The Labute approximate surface area is 208 Å². The molecule has 2 aromatic carbocycles. The first-order valence-electron chi connectivity index (χ1n) is 11.5. The van der Waals surface area contributed by atoms with Crippen LogP contribution < -0.4 is 11.0 Å². The first-order valence-corrected chi connectivity index (χ1v) is 12.0. The highest BCUT2D eigenvalue weighted by atomic mass is 32.1. The fourth-order valence-corrected chi connectivity index (χ4v) is 4.51. The highest BCUT2D eigenvalue weighted by Crippen LogP contribution is 2.26. The predicted octanol–water partition coefficient (Wildman–Crippen LogP) is 4.25. The number of aromatic carboxylic acids is 1. The van der Waals surface area contributed by atoms with E-state index in [0.717, 1.165) is 0 Å². The van der Waals surface area contributed by atoms with Gasteiger partial charge in [0.2, 0.25) is 5.91 Å². The van der Waals surface area contributed by atoms with Gasteiger partial charge >= 0.3 is 11.7 Å². The summed E-state index contributed by atoms with van der Waals surface area (Å²) in [6.45, 7) is 5.98. The molecule has 0 bridgehead atoms. The zero-order valence-corrected chi connectivity index (χ0v) is 20.9. The fourth-order valence-electron chi connectivity index (χ4n) is 3.99. The molecular formula is C26H30FN3O4S. The second-order valence-corrected chi connectivity index (χ2v) is 9.44. The summed E-state index contributed by atoms with van der Waals surface area (Å²) in [6, 6.07) is 10.8. The number of aromatic nitrogens is 2. The number of carbonyl (C=O) groups is 2. The Balaban J connectivity index is 1.87. The second-order valence-electron chi connectivity index (χ2n) is 8.82. The molecule has 0 aliphatic heterocycles. The van der Waals surface area contributed by atoms with Crippen molar-refractivity contribution in [3.63, 3.8) is 0 Å². The molecule has 1 atom stereocenters. The highest BCUT2D eigenvalue weighted by Gasteiger charge is 2.19. The third-order valence-electron chi connectivity index (χ3n) is 5.81. The van der Waals surface area contributed by atoms with Crippen LogP contribution in [-0.2, 0) is 24.3 Å². The number of aryl methyl sites for hydroxylation is 1. The molecule has 1 aromatic heterocycles. The maximum Gasteiger partial charge on any atom is 0.336 e. The average Bonchev–Trinajstić information content (AvgIpc) is 3.12. The predicted molar refractivity (Wildman–Crippen MR) is 136 cm³/mol. The molecule has 0 fully saturated rings. The SMILES string of the molecule is CCc1[nH]c(=O)n(Cc2ccc(-c3ccccc3C(=O)O)cc2F)c1CNC(=O)C(S)CC(C)C. The van der Waals surface area contributed by atoms with Crippen molar-refractivity contribution >= 4 is 24.5 Å². The summed E-state index contributed by atoms with van der Waals surface area (Å²) in [6.07, 6.45) is 1.16. The van der Waals surface area contributed by atoms with E-state index in [1.165, 1.54) is 16.7 Å². The molecule has 0 saturated carbocycles. The number of imidazole rings is 1. The Bertz CT molecular complexity index is 1280. The van der Waals surface area contributed by atoms with Gasteiger partial charge < -0.3 is 15.4 Å². The minimum absolute atomic E-state index is 0.0382. The molecule has 9 heteroatoms. The van der Waals surface area contributed by atoms with Crippen molar-refractivity contribution in [1.82, 2.24) is 14.9 Å². The zero-order chi connectivity index (χ0) is 25.7. The Kier molecular flexibility index (Phi) is 8.56. The maximum absolute atomic E-state index is 15.1. The lowest BCUT2D eigenvalue weighted by atomic mass is 9.98. The lowest BCUT2D eigenvalue weighted by Crippen LogP contribution is -2.33. The number of amides is 1. The topological polar surface area (TPSA) is 104 Å². The van der Waals surface area contributed by atoms with Gasteiger partial charge in [-0.05, 0) is 42.0 Å². The maximum atomic E-state index is 15.1. The van der Waals surface area contributed by atoms with E-state index in [-0.39, 0.29) is 30.1 Å². The molecule has 3 N–H and O–H groups in total. The van der Waals surface area contributed by atoms with Crippen LogP contribution in [0.25, 0.3) is 11.1 Å². The number of nitrogens with zero attached hydrogens (tertiary/aromatic N) is 1. The molecule has 7 nitrogen and oxygen atoms in total. The van der Waals surface area contributed by atoms with E-state index in [0.29, 0.717) is 41.3 Å². The summed E-state index contributed by atoms with van der Waals surface area (Å²) in [5.74, 6) is -1.57. The number of carboxylic acids is 1. The summed E-state index contributed by atoms with van der Waals surface area (Å²) in [5.41, 5.74) is 2.03. The quantitative estimate of drug-likeness (QED) is 0.313. The molecule has 3 aromatic rings. The molecule has 0 spiro atoms. The van der Waals surface area contributed by atoms with E-state index < -0.39 is 22.7 Å². The van der Waals surface area contributed by atoms with E-state index in [1.807, 2.05) is 20.8 Å². The zero-order valence-electron chi connectivity index (χ0n) is 20.0. The van der Waals surface area contributed by atoms with Gasteiger partial charge in [0.25, 0.3) is 0 Å². The molecule has 1 amide bonds. The molecule has 0 saturated heterocycles. The van der Waals surface area contributed by atoms with Gasteiger partial charge in [0.15, 0.2) is 0 Å². The third-order valence-corrected chi connectivity index (χ3v) is 6.25. The number of carbonyl (C=O) groups excluding carboxylic acids is 1. The summed E-state index contributed by atoms with van der Waals surface area (Å²) in [4.78, 5) is 39.4. The molecule has 1 heterocycles. The van der Waals surface area contributed by atoms with E-state index in [1.54, 1.807) is 30.3 Å². The molecule has 1 unspecified atom stereocenters. The van der Waals surface area contributed by atoms with E-state index in [4.69, 9.17) is 0 Å². The number of nitrogens with one attached hydrogen (secondary N) is 2. The van der Waals surface area contributed by atoms with Gasteiger partial charge in [-0.3, -0.25) is 9.36 Å². The van der Waals surface area contributed by atoms with Crippen LogP contribution in [0, 0.1) is 11.7 Å². The number of halogens is 1. The molecule has 186 valence electrons. The van der Waals surface area contributed by atoms with Crippen molar-refractivity contribution in [3.05, 3.63) is 81.3 Å². The van der Waals surface area contributed by atoms with Crippen LogP contribution in [0.1, 0.15) is 54.5 Å². The molecular weight excluding hydrogens is 469 g/mol. The van der Waals surface area contributed by atoms with Crippen LogP contribution in [0.15, 0.2) is 47.3 Å². The number of aromatic amines is 1. The Morgan fingerprint density at radius 2 is 1.91 bits per heavy atom. The van der Waals surface area contributed by atoms with Crippen LogP contribution in [0.2, 0.25) is 0 Å². The van der Waals surface area contributed by atoms with Gasteiger partial charge in [-0.25, -0.2) is 14.0 Å². The van der Waals surface area contributed by atoms with Crippen LogP contribution >= 0.6 is 12.6 Å². The van der Waals surface area contributed by atoms with Crippen molar-refractivity contribution in [2.24, 2.45) is 5.92 Å². The van der Waals surface area contributed by atoms with Gasteiger partial charge in [-0.1, -0.05) is 51.1 Å². The minimum Gasteiger partial charge on any atom is -0.478 e. The highest BCUT2D eigenvalue weighted by molar-refractivity contribution is 7.81. The van der Waals surface area contributed by atoms with E-state index >= 15 is 4.39 Å². The molecule has 0 radical (unpaired) electrons. The summed E-state index contributed by atoms with van der Waals surface area (Å²) >= 11 is 4.37. The number of thiol groups is 1. The second kappa shape index (κ2) is 11.4. The number of hydrogen-bond donors (Lipinski definition) is 4. The lowest BCUT2D eigenvalue weighted by molar-refractivity contribution is -0.121. The van der Waals surface area contributed by atoms with E-state index in [2.05, 4.69) is 22.9 Å². The van der Waals surface area contributed by atoms with Gasteiger partial charge in [0.05, 0.1) is 29.6 Å². The standard InChI is InChI=1S/C26H30FN3O4S/c1-4-21-22(13-28-24(31)23(35)11-15(2)3)30(26(34)29-21)14-17-10-9-16(12-20(17)27)18-7-5-6-8-19(18)25(32)33/h5-10,12,15,23,35H,4,11,13-14H2,1-3H3,(H,28,31)(H,29,34)(H,32,33). The van der Waals surface area contributed by atoms with Crippen molar-refractivity contribution in [2.45, 2.75) is 52.0 Å². The lowest BCUT2D eigenvalue weighted by Gasteiger charge is -2.15. The average molecular weight is 500 g/mol. The number of rotatable bonds is 10. The molecule has 35 heavy (non-hydrogen) atoms. The van der Waals surface area contributed by atoms with Crippen molar-refractivity contribution in [2.75, 3.05) is 0 Å². The van der Waals surface area contributed by atoms with Crippen molar-refractivity contribution in [3.8, 4) is 11.1 Å². The Morgan fingerprint density at radius 1 is 1.20 bits per heavy atom. The number of hydrogen-bond acceptors (Lipinski definition) is 4. The normalized spacial score (nSPS) is 12.1. The Hall–Kier alpha value is -3.33. The number of benzene rings is 2. The molecule has 3 rings (SSSR count). The summed E-state index contributed by atoms with van der Waals surface area (Å²) < 4.78 is 16.5. The van der Waals surface area contributed by atoms with Crippen LogP contribution in [-0.4, -0.2) is 31.8 Å². The van der Waals surface area contributed by atoms with Gasteiger partial charge in [0, 0.05) is 11.3 Å². The van der Waals surface area contributed by atoms with Crippen molar-refractivity contribution < 1.29 is 19.1 Å². The number of carboxylic acid groups (broad SMARTS) is 1. The first-order chi connectivity index (χ1) is 16.6. The fraction of sp³-hybridized carbons (Fsp3) is 0.346. The van der Waals surface area contributed by atoms with Crippen LogP contribution in [0.3, 0.4) is 0 Å². The van der Waals surface area contributed by atoms with Crippen LogP contribution in [0.5, 0.6) is 0 Å². The van der Waals surface area contributed by atoms with E-state index in [9.17, 15) is 19.5 Å². The van der Waals surface area contributed by atoms with Crippen LogP contribution in [0.4, 0.5) is 4.39 Å². The monoisotopic (exact) mass is 499 g/mol. The summed E-state index contributed by atoms with van der Waals surface area (Å²) in [7, 11) is 0. The minimum atomic E-state index is -1.10. The third kappa shape index (κ3) is 6.22. The summed E-state index contributed by atoms with van der Waals surface area (Å²) in [5, 5.41) is 11.8.